The number of carbonyl (C=O) groups excluding carboxylic acids is 1. The summed E-state index contributed by atoms with van der Waals surface area (Å²) in [6.45, 7) is 7.14. The molecule has 0 saturated carbocycles. The largest absolute Gasteiger partial charge is 0.465 e. The highest BCUT2D eigenvalue weighted by Crippen LogP contribution is 2.04. The average Bonchev–Trinajstić information content (AvgIpc) is 2.25. The maximum atomic E-state index is 11.2. The molecule has 1 N–H and O–H groups in total. The summed E-state index contributed by atoms with van der Waals surface area (Å²) in [5.74, 6) is -0.137. The summed E-state index contributed by atoms with van der Waals surface area (Å²) in [5, 5.41) is 3.04. The average molecular weight is 229 g/mol. The van der Waals surface area contributed by atoms with Gasteiger partial charge in [-0.25, -0.2) is 0 Å². The van der Waals surface area contributed by atoms with Crippen molar-refractivity contribution in [1.82, 2.24) is 5.32 Å². The number of rotatable bonds is 10. The molecule has 0 amide bonds. The molecule has 0 fully saturated rings. The minimum atomic E-state index is -0.137. The number of hydrogen-bond donors (Lipinski definition) is 1. The number of esters is 1. The minimum Gasteiger partial charge on any atom is -0.465 e. The second-order valence-corrected chi connectivity index (χ2v) is 4.52. The van der Waals surface area contributed by atoms with E-state index >= 15 is 0 Å². The Morgan fingerprint density at radius 3 is 2.38 bits per heavy atom. The zero-order chi connectivity index (χ0) is 12.2. The molecular formula is C13H27NO2. The van der Waals surface area contributed by atoms with Crippen molar-refractivity contribution in [3.8, 4) is 0 Å². The zero-order valence-electron chi connectivity index (χ0n) is 11.1. The van der Waals surface area contributed by atoms with E-state index in [1.165, 1.54) is 32.1 Å². The summed E-state index contributed by atoms with van der Waals surface area (Å²) >= 11 is 0. The Labute approximate surface area is 99.9 Å². The Kier molecular flexibility index (Phi) is 10.5. The standard InChI is InChI=1S/C13H27NO2/c1-4-5-6-7-8-9-10-16-13(15)11-14-12(2)3/h12,14H,4-11H2,1-3H3. The molecule has 0 unspecified atom stereocenters. The smallest absolute Gasteiger partial charge is 0.319 e. The third-order valence-electron chi connectivity index (χ3n) is 2.42. The van der Waals surface area contributed by atoms with Crippen LogP contribution in [0.2, 0.25) is 0 Å². The Hall–Kier alpha value is -0.570. The van der Waals surface area contributed by atoms with Crippen LogP contribution in [0.25, 0.3) is 0 Å². The van der Waals surface area contributed by atoms with E-state index in [1.807, 2.05) is 13.8 Å². The monoisotopic (exact) mass is 229 g/mol. The lowest BCUT2D eigenvalue weighted by atomic mass is 10.1. The molecule has 0 aromatic carbocycles. The van der Waals surface area contributed by atoms with E-state index in [9.17, 15) is 4.79 Å². The molecule has 0 rings (SSSR count). The van der Waals surface area contributed by atoms with Crippen LogP contribution in [0.5, 0.6) is 0 Å². The molecule has 0 bridgehead atoms. The molecule has 3 nitrogen and oxygen atoms in total. The Morgan fingerprint density at radius 2 is 1.75 bits per heavy atom. The lowest BCUT2D eigenvalue weighted by Crippen LogP contribution is -2.30. The van der Waals surface area contributed by atoms with E-state index in [4.69, 9.17) is 4.74 Å². The van der Waals surface area contributed by atoms with Gasteiger partial charge in [-0.2, -0.15) is 0 Å². The van der Waals surface area contributed by atoms with Crippen LogP contribution in [0.1, 0.15) is 59.3 Å². The van der Waals surface area contributed by atoms with Crippen LogP contribution in [0.15, 0.2) is 0 Å². The lowest BCUT2D eigenvalue weighted by Gasteiger charge is -2.08. The van der Waals surface area contributed by atoms with Gasteiger partial charge in [0.25, 0.3) is 0 Å². The second kappa shape index (κ2) is 10.9. The van der Waals surface area contributed by atoms with Gasteiger partial charge in [0.15, 0.2) is 0 Å². The van der Waals surface area contributed by atoms with Gasteiger partial charge in [0.2, 0.25) is 0 Å². The first kappa shape index (κ1) is 15.4. The van der Waals surface area contributed by atoms with Gasteiger partial charge in [-0.3, -0.25) is 4.79 Å². The van der Waals surface area contributed by atoms with Crippen LogP contribution in [-0.2, 0) is 9.53 Å². The van der Waals surface area contributed by atoms with E-state index in [1.54, 1.807) is 0 Å². The van der Waals surface area contributed by atoms with Crippen LogP contribution in [0, 0.1) is 0 Å². The summed E-state index contributed by atoms with van der Waals surface area (Å²) in [6, 6.07) is 0.335. The molecule has 0 aliphatic heterocycles. The highest BCUT2D eigenvalue weighted by atomic mass is 16.5. The van der Waals surface area contributed by atoms with Crippen molar-refractivity contribution in [2.45, 2.75) is 65.3 Å². The Bertz CT molecular complexity index is 169. The van der Waals surface area contributed by atoms with E-state index in [0.717, 1.165) is 6.42 Å². The molecule has 0 aromatic heterocycles. The molecule has 0 aliphatic rings. The van der Waals surface area contributed by atoms with Gasteiger partial charge in [0.05, 0.1) is 13.2 Å². The van der Waals surface area contributed by atoms with Gasteiger partial charge >= 0.3 is 5.97 Å². The van der Waals surface area contributed by atoms with Crippen LogP contribution < -0.4 is 5.32 Å². The topological polar surface area (TPSA) is 38.3 Å². The molecule has 0 atom stereocenters. The van der Waals surface area contributed by atoms with Crippen molar-refractivity contribution in [3.05, 3.63) is 0 Å². The first-order valence-corrected chi connectivity index (χ1v) is 6.55. The van der Waals surface area contributed by atoms with Crippen LogP contribution in [-0.4, -0.2) is 25.2 Å². The first-order valence-electron chi connectivity index (χ1n) is 6.55. The molecule has 0 aliphatic carbocycles. The first-order chi connectivity index (χ1) is 7.66. The predicted molar refractivity (Wildman–Crippen MR) is 67.5 cm³/mol. The predicted octanol–water partition coefficient (Wildman–Crippen LogP) is 2.89. The number of unbranched alkanes of at least 4 members (excludes halogenated alkanes) is 5. The van der Waals surface area contributed by atoms with Gasteiger partial charge in [-0.05, 0) is 6.42 Å². The van der Waals surface area contributed by atoms with Crippen molar-refractivity contribution in [2.75, 3.05) is 13.2 Å². The van der Waals surface area contributed by atoms with Crippen LogP contribution in [0.3, 0.4) is 0 Å². The molecule has 3 heteroatoms. The lowest BCUT2D eigenvalue weighted by molar-refractivity contribution is -0.142. The summed E-state index contributed by atoms with van der Waals surface area (Å²) in [7, 11) is 0. The van der Waals surface area contributed by atoms with Crippen LogP contribution in [0.4, 0.5) is 0 Å². The quantitative estimate of drug-likeness (QED) is 0.462. The van der Waals surface area contributed by atoms with E-state index in [2.05, 4.69) is 12.2 Å². The van der Waals surface area contributed by atoms with Crippen molar-refractivity contribution < 1.29 is 9.53 Å². The zero-order valence-corrected chi connectivity index (χ0v) is 11.1. The van der Waals surface area contributed by atoms with Gasteiger partial charge in [-0.1, -0.05) is 52.9 Å². The maximum absolute atomic E-state index is 11.2. The minimum absolute atomic E-state index is 0.137. The number of nitrogens with one attached hydrogen (secondary N) is 1. The molecule has 0 saturated heterocycles. The van der Waals surface area contributed by atoms with Crippen molar-refractivity contribution in [1.29, 1.82) is 0 Å². The van der Waals surface area contributed by atoms with Gasteiger partial charge in [-0.15, -0.1) is 0 Å². The van der Waals surface area contributed by atoms with Crippen molar-refractivity contribution in [3.63, 3.8) is 0 Å². The third-order valence-corrected chi connectivity index (χ3v) is 2.42. The normalized spacial score (nSPS) is 10.8. The summed E-state index contributed by atoms with van der Waals surface area (Å²) in [5.41, 5.74) is 0. The SMILES string of the molecule is CCCCCCCCOC(=O)CNC(C)C. The highest BCUT2D eigenvalue weighted by Gasteiger charge is 2.02. The van der Waals surface area contributed by atoms with Crippen molar-refractivity contribution in [2.24, 2.45) is 0 Å². The number of hydrogen-bond acceptors (Lipinski definition) is 3. The molecule has 0 spiro atoms. The fourth-order valence-corrected chi connectivity index (χ4v) is 1.41. The molecule has 0 heterocycles. The molecule has 0 aromatic rings. The fraction of sp³-hybridized carbons (Fsp3) is 0.923. The number of carbonyl (C=O) groups is 1. The van der Waals surface area contributed by atoms with E-state index in [-0.39, 0.29) is 5.97 Å². The highest BCUT2D eigenvalue weighted by molar-refractivity contribution is 5.71. The second-order valence-electron chi connectivity index (χ2n) is 4.52. The maximum Gasteiger partial charge on any atom is 0.319 e. The fourth-order valence-electron chi connectivity index (χ4n) is 1.41. The van der Waals surface area contributed by atoms with E-state index < -0.39 is 0 Å². The van der Waals surface area contributed by atoms with Gasteiger partial charge in [0.1, 0.15) is 0 Å². The Morgan fingerprint density at radius 1 is 1.12 bits per heavy atom. The molecule has 0 radical (unpaired) electrons. The summed E-state index contributed by atoms with van der Waals surface area (Å²) < 4.78 is 5.10. The van der Waals surface area contributed by atoms with Crippen LogP contribution >= 0.6 is 0 Å². The Balaban J connectivity index is 3.15. The molecular weight excluding hydrogens is 202 g/mol. The number of ether oxygens (including phenoxy) is 1. The third kappa shape index (κ3) is 11.5. The summed E-state index contributed by atoms with van der Waals surface area (Å²) in [6.07, 6.45) is 7.32. The summed E-state index contributed by atoms with van der Waals surface area (Å²) in [4.78, 5) is 11.2. The van der Waals surface area contributed by atoms with Gasteiger partial charge < -0.3 is 10.1 Å². The molecule has 96 valence electrons. The van der Waals surface area contributed by atoms with E-state index in [0.29, 0.717) is 19.2 Å². The van der Waals surface area contributed by atoms with Gasteiger partial charge in [0, 0.05) is 6.04 Å². The molecule has 16 heavy (non-hydrogen) atoms. The van der Waals surface area contributed by atoms with Crippen molar-refractivity contribution >= 4 is 5.97 Å².